The first-order chi connectivity index (χ1) is 20.3. The smallest absolute Gasteiger partial charge is 0.302 e. The molecule has 236 valence electrons. The Hall–Kier alpha value is -2.52. The van der Waals surface area contributed by atoms with Crippen molar-refractivity contribution in [2.75, 3.05) is 19.6 Å². The van der Waals surface area contributed by atoms with E-state index in [-0.39, 0.29) is 29.8 Å². The maximum Gasteiger partial charge on any atom is 0.302 e. The average Bonchev–Trinajstić information content (AvgIpc) is 2.97. The first kappa shape index (κ1) is 32.4. The third-order valence-corrected chi connectivity index (χ3v) is 9.60. The number of aliphatic hydroxyl groups is 1. The number of nitrogens with one attached hydrogen (secondary N) is 2. The predicted octanol–water partition coefficient (Wildman–Crippen LogP) is 4.43. The Bertz CT molecular complexity index is 1010. The second-order valence-electron chi connectivity index (χ2n) is 13.0. The van der Waals surface area contributed by atoms with Crippen LogP contribution in [0.15, 0.2) is 23.2 Å². The van der Waals surface area contributed by atoms with E-state index >= 15 is 0 Å². The Balaban J connectivity index is 1.29. The number of esters is 1. The van der Waals surface area contributed by atoms with Gasteiger partial charge >= 0.3 is 5.97 Å². The Kier molecular flexibility index (Phi) is 12.6. The highest BCUT2D eigenvalue weighted by Crippen LogP contribution is 2.37. The molecule has 5 atom stereocenters. The second kappa shape index (κ2) is 16.4. The van der Waals surface area contributed by atoms with E-state index in [2.05, 4.69) is 17.6 Å². The number of ether oxygens (including phenoxy) is 2. The van der Waals surface area contributed by atoms with E-state index < -0.39 is 6.10 Å². The number of aliphatic imine (C=N–C) groups is 1. The fourth-order valence-corrected chi connectivity index (χ4v) is 6.92. The van der Waals surface area contributed by atoms with E-state index in [4.69, 9.17) is 20.2 Å². The highest BCUT2D eigenvalue weighted by atomic mass is 16.5. The van der Waals surface area contributed by atoms with Gasteiger partial charge in [0.15, 0.2) is 17.5 Å². The average molecular weight is 587 g/mol. The van der Waals surface area contributed by atoms with E-state index in [1.807, 2.05) is 12.1 Å². The summed E-state index contributed by atoms with van der Waals surface area (Å²) < 4.78 is 11.8. The summed E-state index contributed by atoms with van der Waals surface area (Å²) >= 11 is 0. The zero-order valence-corrected chi connectivity index (χ0v) is 25.7. The summed E-state index contributed by atoms with van der Waals surface area (Å²) in [5.41, 5.74) is 7.24. The molecular weight excluding hydrogens is 532 g/mol. The molecule has 6 N–H and O–H groups in total. The Labute approximate surface area is 252 Å². The Morgan fingerprint density at radius 1 is 1.14 bits per heavy atom. The molecule has 1 aromatic rings. The number of carbonyl (C=O) groups is 1. The van der Waals surface area contributed by atoms with Crippen molar-refractivity contribution in [3.63, 3.8) is 0 Å². The van der Waals surface area contributed by atoms with E-state index in [0.717, 1.165) is 63.6 Å². The van der Waals surface area contributed by atoms with Crippen LogP contribution in [-0.4, -0.2) is 66.1 Å². The molecule has 0 unspecified atom stereocenters. The minimum absolute atomic E-state index is 0.0914. The van der Waals surface area contributed by atoms with Crippen LogP contribution >= 0.6 is 0 Å². The lowest BCUT2D eigenvalue weighted by Gasteiger charge is -2.36. The van der Waals surface area contributed by atoms with Crippen molar-refractivity contribution in [2.24, 2.45) is 28.5 Å². The topological polar surface area (TPSA) is 138 Å². The van der Waals surface area contributed by atoms with Gasteiger partial charge in [0.1, 0.15) is 12.2 Å². The standard InChI is InChI=1S/C33H54N4O5/c1-22-8-11-25(19-26(22)21-36-33(34)37-27-6-4-3-5-7-27)31(40)20-29(41-23(2)38)12-9-24-10-13-30(39)32(18-24)42-28-14-16-35-17-15-28/h10,13,18,22,25-29,31,35,39-40H,3-9,11-12,14-17,19-21H2,1-2H3,(H3,34,36,37)/t22-,25-,26-,29-,31-/m1/s1. The molecule has 4 rings (SSSR count). The molecule has 3 fully saturated rings. The van der Waals surface area contributed by atoms with Crippen LogP contribution in [0.3, 0.4) is 0 Å². The van der Waals surface area contributed by atoms with Gasteiger partial charge in [-0.1, -0.05) is 38.7 Å². The number of nitrogens with zero attached hydrogens (tertiary/aromatic N) is 1. The van der Waals surface area contributed by atoms with Crippen LogP contribution in [-0.2, 0) is 16.0 Å². The van der Waals surface area contributed by atoms with E-state index in [0.29, 0.717) is 55.4 Å². The maximum atomic E-state index is 11.9. The summed E-state index contributed by atoms with van der Waals surface area (Å²) in [7, 11) is 0. The zero-order valence-electron chi connectivity index (χ0n) is 25.7. The van der Waals surface area contributed by atoms with E-state index in [1.54, 1.807) is 6.07 Å². The molecule has 1 saturated heterocycles. The van der Waals surface area contributed by atoms with Crippen LogP contribution in [0.5, 0.6) is 11.5 Å². The van der Waals surface area contributed by atoms with Crippen LogP contribution in [0, 0.1) is 17.8 Å². The minimum Gasteiger partial charge on any atom is -0.504 e. The number of rotatable bonds is 12. The number of piperidine rings is 1. The van der Waals surface area contributed by atoms with Gasteiger partial charge in [0.05, 0.1) is 6.10 Å². The summed E-state index contributed by atoms with van der Waals surface area (Å²) in [6.07, 6.45) is 11.7. The minimum atomic E-state index is -0.551. The van der Waals surface area contributed by atoms with Crippen molar-refractivity contribution in [3.8, 4) is 11.5 Å². The molecule has 2 saturated carbocycles. The number of phenolic OH excluding ortho intramolecular Hbond substituents is 1. The Morgan fingerprint density at radius 3 is 2.64 bits per heavy atom. The first-order valence-electron chi connectivity index (χ1n) is 16.4. The first-order valence-corrected chi connectivity index (χ1v) is 16.4. The van der Waals surface area contributed by atoms with Crippen molar-refractivity contribution in [1.82, 2.24) is 10.6 Å². The largest absolute Gasteiger partial charge is 0.504 e. The Morgan fingerprint density at radius 2 is 1.90 bits per heavy atom. The molecule has 0 radical (unpaired) electrons. The van der Waals surface area contributed by atoms with Crippen LogP contribution in [0.25, 0.3) is 0 Å². The molecule has 1 aliphatic heterocycles. The summed E-state index contributed by atoms with van der Waals surface area (Å²) in [5, 5.41) is 28.4. The summed E-state index contributed by atoms with van der Waals surface area (Å²) in [5.74, 6) is 1.89. The number of aryl methyl sites for hydroxylation is 1. The summed E-state index contributed by atoms with van der Waals surface area (Å²) in [4.78, 5) is 16.6. The third-order valence-electron chi connectivity index (χ3n) is 9.60. The van der Waals surface area contributed by atoms with Gasteiger partial charge in [0.25, 0.3) is 0 Å². The lowest BCUT2D eigenvalue weighted by molar-refractivity contribution is -0.148. The molecule has 1 heterocycles. The van der Waals surface area contributed by atoms with Crippen LogP contribution in [0.4, 0.5) is 0 Å². The van der Waals surface area contributed by atoms with Gasteiger partial charge in [-0.15, -0.1) is 0 Å². The number of aromatic hydroxyl groups is 1. The van der Waals surface area contributed by atoms with E-state index in [1.165, 1.54) is 26.2 Å². The highest BCUT2D eigenvalue weighted by molar-refractivity contribution is 5.78. The SMILES string of the molecule is CC(=O)O[C@H](CCc1ccc(O)c(OC2CCNCC2)c1)C[C@@H](O)[C@@H]1CC[C@@H](C)[C@@H](CN=C(N)NC2CCCCC2)C1. The molecule has 42 heavy (non-hydrogen) atoms. The number of guanidine groups is 1. The van der Waals surface area contributed by atoms with Gasteiger partial charge in [-0.2, -0.15) is 0 Å². The molecule has 9 heteroatoms. The van der Waals surface area contributed by atoms with Gasteiger partial charge in [0.2, 0.25) is 0 Å². The number of aliphatic hydroxyl groups excluding tert-OH is 1. The molecule has 1 aromatic carbocycles. The van der Waals surface area contributed by atoms with E-state index in [9.17, 15) is 15.0 Å². The number of hydrogen-bond donors (Lipinski definition) is 5. The monoisotopic (exact) mass is 586 g/mol. The fourth-order valence-electron chi connectivity index (χ4n) is 6.92. The predicted molar refractivity (Wildman–Crippen MR) is 166 cm³/mol. The number of nitrogens with two attached hydrogens (primary N) is 1. The zero-order chi connectivity index (χ0) is 29.9. The molecular formula is C33H54N4O5. The molecule has 3 aliphatic rings. The number of hydrogen-bond acceptors (Lipinski definition) is 7. The molecule has 0 bridgehead atoms. The van der Waals surface area contributed by atoms with Crippen LogP contribution in [0.2, 0.25) is 0 Å². The molecule has 0 aromatic heterocycles. The third kappa shape index (κ3) is 10.3. The maximum absolute atomic E-state index is 11.9. The van der Waals surface area contributed by atoms with Gasteiger partial charge in [0, 0.05) is 25.9 Å². The van der Waals surface area contributed by atoms with Gasteiger partial charge in [-0.05, 0) is 99.9 Å². The van der Waals surface area contributed by atoms with Crippen molar-refractivity contribution in [3.05, 3.63) is 23.8 Å². The summed E-state index contributed by atoms with van der Waals surface area (Å²) in [6.45, 7) is 6.20. The molecule has 0 spiro atoms. The quantitative estimate of drug-likeness (QED) is 0.138. The summed E-state index contributed by atoms with van der Waals surface area (Å²) in [6, 6.07) is 5.88. The van der Waals surface area contributed by atoms with Crippen molar-refractivity contribution in [2.45, 2.75) is 122 Å². The van der Waals surface area contributed by atoms with Crippen LogP contribution < -0.4 is 21.1 Å². The second-order valence-corrected chi connectivity index (χ2v) is 13.0. The van der Waals surface area contributed by atoms with Gasteiger partial charge < -0.3 is 36.1 Å². The van der Waals surface area contributed by atoms with Crippen LogP contribution in [0.1, 0.15) is 96.5 Å². The number of carbonyl (C=O) groups excluding carboxylic acids is 1. The number of phenols is 1. The van der Waals surface area contributed by atoms with Crippen molar-refractivity contribution in [1.29, 1.82) is 0 Å². The molecule has 2 aliphatic carbocycles. The van der Waals surface area contributed by atoms with Crippen molar-refractivity contribution >= 4 is 11.9 Å². The normalized spacial score (nSPS) is 25.9. The highest BCUT2D eigenvalue weighted by Gasteiger charge is 2.33. The van der Waals surface area contributed by atoms with Crippen molar-refractivity contribution < 1.29 is 24.5 Å². The molecule has 9 nitrogen and oxygen atoms in total. The lowest BCUT2D eigenvalue weighted by Crippen LogP contribution is -2.41. The molecule has 0 amide bonds. The number of benzene rings is 1. The fraction of sp³-hybridized carbons (Fsp3) is 0.758. The van der Waals surface area contributed by atoms with Gasteiger partial charge in [-0.25, -0.2) is 0 Å². The lowest BCUT2D eigenvalue weighted by atomic mass is 9.72. The van der Waals surface area contributed by atoms with Gasteiger partial charge in [-0.3, -0.25) is 9.79 Å².